The molecule has 3 atom stereocenters. The van der Waals surface area contributed by atoms with Gasteiger partial charge in [0.15, 0.2) is 0 Å². The molecule has 3 heterocycles. The number of fused-ring (bicyclic) bond motifs is 1. The Morgan fingerprint density at radius 1 is 1.26 bits per heavy atom. The standard InChI is InChI=1S/C30H40FN3O4/c1-19-8-9-20-10-12-22(33-29(20)32-19)6-3-4-14-37-24-17-23(18-24)34(2)28(30(35)36)26-16-21(31)11-13-25(26)27-7-5-15-38-27/h10-13,16,19,23-24,27-28H,3-9,14-15,17-18H2,1-2H3,(H,32,33)(H,35,36)/t19-,23?,24?,27?,28?/m0/s1. The molecule has 7 nitrogen and oxygen atoms in total. The van der Waals surface area contributed by atoms with E-state index in [1.807, 2.05) is 11.9 Å². The second-order valence-corrected chi connectivity index (χ2v) is 11.2. The van der Waals surface area contributed by atoms with Crippen LogP contribution in [0.5, 0.6) is 0 Å². The maximum atomic E-state index is 14.2. The molecule has 1 aromatic carbocycles. The number of aliphatic carboxylic acids is 1. The molecule has 2 N–H and O–H groups in total. The summed E-state index contributed by atoms with van der Waals surface area (Å²) in [5, 5.41) is 13.6. The van der Waals surface area contributed by atoms with E-state index >= 15 is 0 Å². The summed E-state index contributed by atoms with van der Waals surface area (Å²) in [4.78, 5) is 19.0. The molecule has 38 heavy (non-hydrogen) atoms. The normalized spacial score (nSPS) is 25.5. The predicted molar refractivity (Wildman–Crippen MR) is 144 cm³/mol. The molecule has 2 aromatic rings. The van der Waals surface area contributed by atoms with Crippen LogP contribution in [-0.4, -0.2) is 59.4 Å². The van der Waals surface area contributed by atoms with E-state index in [1.54, 1.807) is 6.07 Å². The van der Waals surface area contributed by atoms with Gasteiger partial charge in [0.05, 0.1) is 12.2 Å². The number of rotatable bonds is 11. The van der Waals surface area contributed by atoms with Crippen molar-refractivity contribution < 1.29 is 23.8 Å². The molecular weight excluding hydrogens is 485 g/mol. The number of ether oxygens (including phenoxy) is 2. The first-order chi connectivity index (χ1) is 18.4. The first-order valence-corrected chi connectivity index (χ1v) is 14.1. The van der Waals surface area contributed by atoms with Gasteiger partial charge in [-0.25, -0.2) is 9.37 Å². The summed E-state index contributed by atoms with van der Waals surface area (Å²) in [7, 11) is 1.82. The molecule has 1 aromatic heterocycles. The van der Waals surface area contributed by atoms with Crippen LogP contribution in [0.2, 0.25) is 0 Å². The maximum Gasteiger partial charge on any atom is 0.325 e. The van der Waals surface area contributed by atoms with Crippen molar-refractivity contribution in [1.82, 2.24) is 9.88 Å². The van der Waals surface area contributed by atoms with Crippen LogP contribution in [0.1, 0.15) is 86.4 Å². The topological polar surface area (TPSA) is 83.9 Å². The zero-order chi connectivity index (χ0) is 26.6. The highest BCUT2D eigenvalue weighted by Crippen LogP contribution is 2.39. The third kappa shape index (κ3) is 6.19. The molecule has 5 rings (SSSR count). The van der Waals surface area contributed by atoms with Crippen LogP contribution in [0.4, 0.5) is 10.2 Å². The lowest BCUT2D eigenvalue weighted by Crippen LogP contribution is -2.49. The minimum atomic E-state index is -0.970. The Labute approximate surface area is 224 Å². The number of carboxylic acids is 1. The monoisotopic (exact) mass is 525 g/mol. The molecule has 0 amide bonds. The van der Waals surface area contributed by atoms with Crippen LogP contribution in [-0.2, 0) is 27.1 Å². The number of nitrogens with zero attached hydrogens (tertiary/aromatic N) is 2. The lowest BCUT2D eigenvalue weighted by molar-refractivity contribution is -0.146. The van der Waals surface area contributed by atoms with Crippen molar-refractivity contribution in [1.29, 1.82) is 0 Å². The van der Waals surface area contributed by atoms with E-state index in [9.17, 15) is 14.3 Å². The highest BCUT2D eigenvalue weighted by Gasteiger charge is 2.40. The Balaban J connectivity index is 1.08. The number of pyridine rings is 1. The summed E-state index contributed by atoms with van der Waals surface area (Å²) >= 11 is 0. The molecule has 2 fully saturated rings. The lowest BCUT2D eigenvalue weighted by atomic mass is 9.85. The molecule has 0 spiro atoms. The van der Waals surface area contributed by atoms with Crippen molar-refractivity contribution in [3.05, 3.63) is 58.5 Å². The number of carboxylic acid groups (broad SMARTS) is 1. The summed E-state index contributed by atoms with van der Waals surface area (Å²) in [6.45, 7) is 3.54. The molecule has 1 saturated heterocycles. The highest BCUT2D eigenvalue weighted by atomic mass is 19.1. The van der Waals surface area contributed by atoms with Gasteiger partial charge in [0.1, 0.15) is 17.7 Å². The maximum absolute atomic E-state index is 14.2. The van der Waals surface area contributed by atoms with Crippen molar-refractivity contribution in [2.75, 3.05) is 25.6 Å². The molecule has 0 bridgehead atoms. The summed E-state index contributed by atoms with van der Waals surface area (Å²) in [6.07, 6.45) is 8.43. The summed E-state index contributed by atoms with van der Waals surface area (Å²) in [5.74, 6) is -0.349. The van der Waals surface area contributed by atoms with Gasteiger partial charge in [-0.15, -0.1) is 0 Å². The van der Waals surface area contributed by atoms with E-state index in [0.29, 0.717) is 24.8 Å². The van der Waals surface area contributed by atoms with E-state index in [-0.39, 0.29) is 18.2 Å². The fourth-order valence-electron chi connectivity index (χ4n) is 5.97. The van der Waals surface area contributed by atoms with Gasteiger partial charge in [-0.2, -0.15) is 0 Å². The molecule has 206 valence electrons. The van der Waals surface area contributed by atoms with Gasteiger partial charge < -0.3 is 19.9 Å². The van der Waals surface area contributed by atoms with Crippen molar-refractivity contribution >= 4 is 11.8 Å². The van der Waals surface area contributed by atoms with E-state index in [2.05, 4.69) is 24.4 Å². The number of anilines is 1. The number of carbonyl (C=O) groups is 1. The zero-order valence-electron chi connectivity index (χ0n) is 22.5. The summed E-state index contributed by atoms with van der Waals surface area (Å²) in [5.41, 5.74) is 3.71. The van der Waals surface area contributed by atoms with Crippen molar-refractivity contribution in [2.45, 2.75) is 95.0 Å². The molecule has 0 radical (unpaired) electrons. The van der Waals surface area contributed by atoms with E-state index in [1.165, 1.54) is 17.7 Å². The van der Waals surface area contributed by atoms with Gasteiger partial charge >= 0.3 is 5.97 Å². The fourth-order valence-corrected chi connectivity index (χ4v) is 5.97. The Kier molecular flexibility index (Phi) is 8.61. The Hall–Kier alpha value is -2.55. The van der Waals surface area contributed by atoms with E-state index in [4.69, 9.17) is 14.5 Å². The Bertz CT molecular complexity index is 1120. The number of unbranched alkanes of at least 4 members (excludes halogenated alkanes) is 1. The predicted octanol–water partition coefficient (Wildman–Crippen LogP) is 5.45. The van der Waals surface area contributed by atoms with Crippen molar-refractivity contribution in [3.63, 3.8) is 0 Å². The molecule has 1 saturated carbocycles. The number of hydrogen-bond acceptors (Lipinski definition) is 6. The number of aryl methyl sites for hydroxylation is 2. The largest absolute Gasteiger partial charge is 0.480 e. The number of aromatic nitrogens is 1. The van der Waals surface area contributed by atoms with Crippen molar-refractivity contribution in [3.8, 4) is 0 Å². The van der Waals surface area contributed by atoms with Gasteiger partial charge in [-0.3, -0.25) is 9.69 Å². The van der Waals surface area contributed by atoms with Gasteiger partial charge in [0, 0.05) is 31.0 Å². The molecule has 2 aliphatic heterocycles. The second-order valence-electron chi connectivity index (χ2n) is 11.2. The molecule has 8 heteroatoms. The minimum Gasteiger partial charge on any atom is -0.480 e. The first kappa shape index (κ1) is 27.0. The lowest BCUT2D eigenvalue weighted by Gasteiger charge is -2.43. The number of likely N-dealkylation sites (N-methyl/N-ethyl adjacent to an activating group) is 1. The van der Waals surface area contributed by atoms with Crippen LogP contribution < -0.4 is 5.32 Å². The molecular formula is C30H40FN3O4. The average molecular weight is 526 g/mol. The number of benzene rings is 1. The van der Waals surface area contributed by atoms with Crippen LogP contribution >= 0.6 is 0 Å². The Morgan fingerprint density at radius 3 is 2.87 bits per heavy atom. The first-order valence-electron chi connectivity index (χ1n) is 14.1. The Morgan fingerprint density at radius 2 is 2.11 bits per heavy atom. The van der Waals surface area contributed by atoms with E-state index in [0.717, 1.165) is 74.9 Å². The second kappa shape index (κ2) is 12.1. The number of halogens is 1. The molecule has 2 unspecified atom stereocenters. The van der Waals surface area contributed by atoms with E-state index < -0.39 is 17.8 Å². The summed E-state index contributed by atoms with van der Waals surface area (Å²) in [6, 6.07) is 8.44. The smallest absolute Gasteiger partial charge is 0.325 e. The van der Waals surface area contributed by atoms with Crippen LogP contribution in [0.3, 0.4) is 0 Å². The van der Waals surface area contributed by atoms with Crippen LogP contribution in [0.25, 0.3) is 0 Å². The van der Waals surface area contributed by atoms with Gasteiger partial charge in [0.25, 0.3) is 0 Å². The van der Waals surface area contributed by atoms with Crippen LogP contribution in [0, 0.1) is 5.82 Å². The molecule has 3 aliphatic rings. The number of nitrogens with one attached hydrogen (secondary N) is 1. The zero-order valence-corrected chi connectivity index (χ0v) is 22.5. The van der Waals surface area contributed by atoms with Gasteiger partial charge in [-0.05, 0) is 107 Å². The summed E-state index contributed by atoms with van der Waals surface area (Å²) < 4.78 is 26.1. The third-order valence-corrected chi connectivity index (χ3v) is 8.35. The SMILES string of the molecule is C[C@H]1CCc2ccc(CCCCOC3CC(N(C)C(C(=O)O)c4cc(F)ccc4C4CCCO4)C3)nc2N1. The number of hydrogen-bond donors (Lipinski definition) is 2. The third-order valence-electron chi connectivity index (χ3n) is 8.35. The fraction of sp³-hybridized carbons (Fsp3) is 0.600. The van der Waals surface area contributed by atoms with Crippen molar-refractivity contribution in [2.24, 2.45) is 0 Å². The quantitative estimate of drug-likeness (QED) is 0.378. The van der Waals surface area contributed by atoms with Crippen LogP contribution in [0.15, 0.2) is 30.3 Å². The van der Waals surface area contributed by atoms with Gasteiger partial charge in [-0.1, -0.05) is 12.1 Å². The average Bonchev–Trinajstić information content (AvgIpc) is 3.39. The highest BCUT2D eigenvalue weighted by molar-refractivity contribution is 5.76. The molecule has 1 aliphatic carbocycles. The minimum absolute atomic E-state index is 0.0799. The van der Waals surface area contributed by atoms with Gasteiger partial charge in [0.2, 0.25) is 0 Å².